The van der Waals surface area contributed by atoms with Crippen LogP contribution in [0.5, 0.6) is 0 Å². The zero-order valence-corrected chi connectivity index (χ0v) is 10.8. The molecule has 0 bridgehead atoms. The van der Waals surface area contributed by atoms with Crippen molar-refractivity contribution in [3.05, 3.63) is 22.3 Å². The third-order valence-corrected chi connectivity index (χ3v) is 3.08. The number of halogens is 1. The third-order valence-electron chi connectivity index (χ3n) is 2.25. The predicted molar refractivity (Wildman–Crippen MR) is 68.0 cm³/mol. The van der Waals surface area contributed by atoms with E-state index in [4.69, 9.17) is 5.73 Å². The molecular weight excluding hydrogens is 254 g/mol. The van der Waals surface area contributed by atoms with E-state index in [0.29, 0.717) is 0 Å². The molecule has 0 aliphatic heterocycles. The number of pyridine rings is 1. The summed E-state index contributed by atoms with van der Waals surface area (Å²) in [7, 11) is 0. The number of hydrogen-bond acceptors (Lipinski definition) is 3. The lowest BCUT2D eigenvalue weighted by Gasteiger charge is -2.12. The van der Waals surface area contributed by atoms with Crippen molar-refractivity contribution in [1.29, 1.82) is 0 Å². The van der Waals surface area contributed by atoms with Gasteiger partial charge in [-0.15, -0.1) is 0 Å². The molecule has 0 aliphatic rings. The molecule has 15 heavy (non-hydrogen) atoms. The summed E-state index contributed by atoms with van der Waals surface area (Å²) in [6, 6.07) is 2.23. The Bertz CT molecular complexity index is 315. The molecule has 0 aliphatic carbocycles. The van der Waals surface area contributed by atoms with Gasteiger partial charge in [0.05, 0.1) is 0 Å². The predicted octanol–water partition coefficient (Wildman–Crippen LogP) is 2.69. The summed E-state index contributed by atoms with van der Waals surface area (Å²) in [6.07, 6.45) is 3.97. The molecule has 0 fully saturated rings. The fraction of sp³-hybridized carbons (Fsp3) is 0.545. The molecule has 0 aromatic carbocycles. The first kappa shape index (κ1) is 12.5. The maximum atomic E-state index is 5.90. The van der Waals surface area contributed by atoms with Crippen LogP contribution in [0, 0.1) is 6.92 Å². The average molecular weight is 272 g/mol. The fourth-order valence-electron chi connectivity index (χ4n) is 1.34. The lowest BCUT2D eigenvalue weighted by Crippen LogP contribution is -2.28. The zero-order valence-electron chi connectivity index (χ0n) is 9.26. The average Bonchev–Trinajstić information content (AvgIpc) is 2.20. The van der Waals surface area contributed by atoms with Gasteiger partial charge in [-0.2, -0.15) is 0 Å². The summed E-state index contributed by atoms with van der Waals surface area (Å²) < 4.78 is 1.03. The van der Waals surface area contributed by atoms with Crippen molar-refractivity contribution in [2.24, 2.45) is 5.73 Å². The Labute approximate surface area is 99.6 Å². The third kappa shape index (κ3) is 4.18. The molecule has 3 N–H and O–H groups in total. The number of nitrogens with zero attached hydrogens (tertiary/aromatic N) is 1. The minimum absolute atomic E-state index is 0.209. The van der Waals surface area contributed by atoms with Crippen LogP contribution >= 0.6 is 15.9 Å². The number of aryl methyl sites for hydroxylation is 1. The second kappa shape index (κ2) is 6.08. The first-order valence-corrected chi connectivity index (χ1v) is 6.04. The number of nitrogens with two attached hydrogens (primary N) is 1. The van der Waals surface area contributed by atoms with Gasteiger partial charge in [0.15, 0.2) is 0 Å². The Hall–Kier alpha value is -0.610. The van der Waals surface area contributed by atoms with Crippen molar-refractivity contribution in [2.45, 2.75) is 32.7 Å². The van der Waals surface area contributed by atoms with Crippen molar-refractivity contribution in [1.82, 2.24) is 4.98 Å². The summed E-state index contributed by atoms with van der Waals surface area (Å²) in [5.41, 5.74) is 7.08. The van der Waals surface area contributed by atoms with E-state index in [-0.39, 0.29) is 6.04 Å². The van der Waals surface area contributed by atoms with Crippen LogP contribution in [0.2, 0.25) is 0 Å². The first-order valence-electron chi connectivity index (χ1n) is 5.25. The highest BCUT2D eigenvalue weighted by molar-refractivity contribution is 9.10. The molecule has 84 valence electrons. The molecule has 0 spiro atoms. The Kier molecular flexibility index (Phi) is 5.05. The van der Waals surface area contributed by atoms with Gasteiger partial charge in [-0.25, -0.2) is 4.98 Å². The number of nitrogens with one attached hydrogen (secondary N) is 1. The van der Waals surface area contributed by atoms with Gasteiger partial charge in [0.2, 0.25) is 0 Å². The molecule has 3 nitrogen and oxygen atoms in total. The smallest absolute Gasteiger partial charge is 0.126 e. The van der Waals surface area contributed by atoms with E-state index in [1.807, 2.05) is 19.2 Å². The quantitative estimate of drug-likeness (QED) is 0.866. The van der Waals surface area contributed by atoms with Crippen LogP contribution in [0.25, 0.3) is 0 Å². The monoisotopic (exact) mass is 271 g/mol. The van der Waals surface area contributed by atoms with E-state index >= 15 is 0 Å². The fourth-order valence-corrected chi connectivity index (χ4v) is 1.56. The molecule has 4 heteroatoms. The highest BCUT2D eigenvalue weighted by Gasteiger charge is 2.02. The minimum Gasteiger partial charge on any atom is -0.369 e. The van der Waals surface area contributed by atoms with Gasteiger partial charge < -0.3 is 11.1 Å². The second-order valence-electron chi connectivity index (χ2n) is 3.75. The molecular formula is C11H18BrN3. The highest BCUT2D eigenvalue weighted by atomic mass is 79.9. The normalized spacial score (nSPS) is 12.5. The lowest BCUT2D eigenvalue weighted by molar-refractivity contribution is 0.626. The molecule has 1 unspecified atom stereocenters. The second-order valence-corrected chi connectivity index (χ2v) is 4.60. The maximum absolute atomic E-state index is 5.90. The molecule has 0 radical (unpaired) electrons. The molecule has 0 saturated heterocycles. The van der Waals surface area contributed by atoms with Gasteiger partial charge >= 0.3 is 0 Å². The summed E-state index contributed by atoms with van der Waals surface area (Å²) in [6.45, 7) is 4.96. The standard InChI is InChI=1S/C11H18BrN3/c1-3-4-9(13)6-14-11-5-8(2)10(12)7-15-11/h5,7,9H,3-4,6,13H2,1-2H3,(H,14,15). The zero-order chi connectivity index (χ0) is 11.3. The largest absolute Gasteiger partial charge is 0.369 e. The van der Waals surface area contributed by atoms with Crippen LogP contribution in [-0.4, -0.2) is 17.6 Å². The van der Waals surface area contributed by atoms with Crippen LogP contribution in [0.4, 0.5) is 5.82 Å². The van der Waals surface area contributed by atoms with Crippen molar-refractivity contribution in [3.8, 4) is 0 Å². The Morgan fingerprint density at radius 1 is 1.60 bits per heavy atom. The van der Waals surface area contributed by atoms with Crippen LogP contribution in [-0.2, 0) is 0 Å². The highest BCUT2D eigenvalue weighted by Crippen LogP contribution is 2.17. The van der Waals surface area contributed by atoms with Crippen LogP contribution in [0.3, 0.4) is 0 Å². The Morgan fingerprint density at radius 3 is 2.93 bits per heavy atom. The summed E-state index contributed by atoms with van der Waals surface area (Å²) in [5, 5.41) is 3.24. The maximum Gasteiger partial charge on any atom is 0.126 e. The van der Waals surface area contributed by atoms with Crippen molar-refractivity contribution in [3.63, 3.8) is 0 Å². The molecule has 1 aromatic rings. The van der Waals surface area contributed by atoms with Gasteiger partial charge in [-0.3, -0.25) is 0 Å². The van der Waals surface area contributed by atoms with Crippen molar-refractivity contribution >= 4 is 21.7 Å². The topological polar surface area (TPSA) is 50.9 Å². The first-order chi connectivity index (χ1) is 7.13. The summed E-state index contributed by atoms with van der Waals surface area (Å²) in [4.78, 5) is 4.26. The van der Waals surface area contributed by atoms with E-state index in [0.717, 1.165) is 29.7 Å². The molecule has 1 rings (SSSR count). The van der Waals surface area contributed by atoms with Gasteiger partial charge in [-0.05, 0) is 40.9 Å². The van der Waals surface area contributed by atoms with E-state index < -0.39 is 0 Å². The van der Waals surface area contributed by atoms with Gasteiger partial charge in [0.25, 0.3) is 0 Å². The van der Waals surface area contributed by atoms with Crippen molar-refractivity contribution in [2.75, 3.05) is 11.9 Å². The molecule has 1 heterocycles. The SMILES string of the molecule is CCCC(N)CNc1cc(C)c(Br)cn1. The Morgan fingerprint density at radius 2 is 2.33 bits per heavy atom. The Balaban J connectivity index is 2.47. The molecule has 0 saturated carbocycles. The van der Waals surface area contributed by atoms with Crippen LogP contribution in [0.15, 0.2) is 16.7 Å². The number of hydrogen-bond donors (Lipinski definition) is 2. The molecule has 0 amide bonds. The summed E-state index contributed by atoms with van der Waals surface area (Å²) >= 11 is 3.42. The number of rotatable bonds is 5. The number of anilines is 1. The van der Waals surface area contributed by atoms with E-state index in [9.17, 15) is 0 Å². The van der Waals surface area contributed by atoms with Crippen molar-refractivity contribution < 1.29 is 0 Å². The van der Waals surface area contributed by atoms with E-state index in [1.54, 1.807) is 0 Å². The number of aromatic nitrogens is 1. The summed E-state index contributed by atoms with van der Waals surface area (Å²) in [5.74, 6) is 0.891. The molecule has 1 aromatic heterocycles. The van der Waals surface area contributed by atoms with Gasteiger partial charge in [-0.1, -0.05) is 13.3 Å². The van der Waals surface area contributed by atoms with Crippen LogP contribution < -0.4 is 11.1 Å². The lowest BCUT2D eigenvalue weighted by atomic mass is 10.2. The minimum atomic E-state index is 0.209. The van der Waals surface area contributed by atoms with Crippen LogP contribution in [0.1, 0.15) is 25.3 Å². The van der Waals surface area contributed by atoms with E-state index in [1.165, 1.54) is 5.56 Å². The molecule has 1 atom stereocenters. The van der Waals surface area contributed by atoms with Gasteiger partial charge in [0.1, 0.15) is 5.82 Å². The van der Waals surface area contributed by atoms with E-state index in [2.05, 4.69) is 33.2 Å². The van der Waals surface area contributed by atoms with Gasteiger partial charge in [0, 0.05) is 23.3 Å².